The van der Waals surface area contributed by atoms with Crippen LogP contribution in [0.3, 0.4) is 0 Å². The van der Waals surface area contributed by atoms with Crippen molar-refractivity contribution < 1.29 is 14.3 Å². The fourth-order valence-electron chi connectivity index (χ4n) is 1.98. The molecule has 0 radical (unpaired) electrons. The molecule has 25 heavy (non-hydrogen) atoms. The van der Waals surface area contributed by atoms with Gasteiger partial charge in [0, 0.05) is 18.1 Å². The summed E-state index contributed by atoms with van der Waals surface area (Å²) >= 11 is 7.37. The molecule has 0 atom stereocenters. The second-order valence-corrected chi connectivity index (χ2v) is 7.52. The Morgan fingerprint density at radius 1 is 1.24 bits per heavy atom. The Morgan fingerprint density at radius 2 is 1.96 bits per heavy atom. The number of nitrogens with zero attached hydrogens (tertiary/aromatic N) is 1. The maximum atomic E-state index is 12.3. The number of rotatable bonds is 5. The van der Waals surface area contributed by atoms with Gasteiger partial charge < -0.3 is 15.4 Å². The Bertz CT molecular complexity index is 756. The molecule has 0 saturated carbocycles. The molecule has 2 amide bonds. The molecular formula is C17H20ClN3O3S. The van der Waals surface area contributed by atoms with Crippen LogP contribution < -0.4 is 10.6 Å². The Balaban J connectivity index is 1.88. The van der Waals surface area contributed by atoms with Gasteiger partial charge in [-0.25, -0.2) is 9.78 Å². The van der Waals surface area contributed by atoms with E-state index >= 15 is 0 Å². The molecule has 0 spiro atoms. The van der Waals surface area contributed by atoms with Crippen molar-refractivity contribution in [1.82, 2.24) is 15.6 Å². The molecular weight excluding hydrogens is 362 g/mol. The van der Waals surface area contributed by atoms with E-state index in [1.807, 2.05) is 12.1 Å². The van der Waals surface area contributed by atoms with Crippen LogP contribution in [0.15, 0.2) is 29.8 Å². The number of carbonyl (C=O) groups excluding carboxylic acids is 2. The lowest BCUT2D eigenvalue weighted by Gasteiger charge is -2.19. The summed E-state index contributed by atoms with van der Waals surface area (Å²) < 4.78 is 5.12. The summed E-state index contributed by atoms with van der Waals surface area (Å²) in [5.41, 5.74) is 2.24. The van der Waals surface area contributed by atoms with Crippen LogP contribution in [0.5, 0.6) is 0 Å². The van der Waals surface area contributed by atoms with E-state index in [0.29, 0.717) is 10.7 Å². The highest BCUT2D eigenvalue weighted by Gasteiger charge is 2.17. The summed E-state index contributed by atoms with van der Waals surface area (Å²) in [6.07, 6.45) is -0.518. The normalized spacial score (nSPS) is 11.0. The van der Waals surface area contributed by atoms with Gasteiger partial charge in [0.2, 0.25) is 0 Å². The van der Waals surface area contributed by atoms with Crippen molar-refractivity contribution in [1.29, 1.82) is 0 Å². The molecule has 8 heteroatoms. The van der Waals surface area contributed by atoms with E-state index in [4.69, 9.17) is 16.3 Å². The summed E-state index contributed by atoms with van der Waals surface area (Å²) in [6.45, 7) is 5.89. The van der Waals surface area contributed by atoms with E-state index in [-0.39, 0.29) is 19.0 Å². The number of ether oxygens (including phenoxy) is 1. The minimum Gasteiger partial charge on any atom is -0.444 e. The van der Waals surface area contributed by atoms with Gasteiger partial charge in [0.25, 0.3) is 5.91 Å². The number of amides is 2. The molecule has 0 aliphatic heterocycles. The van der Waals surface area contributed by atoms with E-state index < -0.39 is 11.7 Å². The van der Waals surface area contributed by atoms with Gasteiger partial charge in [-0.05, 0) is 38.5 Å². The Labute approximate surface area is 155 Å². The number of carbonyl (C=O) groups is 2. The highest BCUT2D eigenvalue weighted by atomic mass is 35.5. The predicted molar refractivity (Wildman–Crippen MR) is 99.1 cm³/mol. The van der Waals surface area contributed by atoms with Crippen LogP contribution in [0.25, 0.3) is 10.4 Å². The van der Waals surface area contributed by atoms with Gasteiger partial charge in [-0.15, -0.1) is 11.3 Å². The van der Waals surface area contributed by atoms with Crippen LogP contribution in [0, 0.1) is 0 Å². The molecule has 134 valence electrons. The predicted octanol–water partition coefficient (Wildman–Crippen LogP) is 3.72. The lowest BCUT2D eigenvalue weighted by atomic mass is 10.1. The molecule has 2 aromatic rings. The third-order valence-electron chi connectivity index (χ3n) is 2.95. The van der Waals surface area contributed by atoms with Crippen molar-refractivity contribution in [2.75, 3.05) is 13.1 Å². The quantitative estimate of drug-likeness (QED) is 0.773. The standard InChI is InChI=1S/C17H20ClN3O3S/c1-17(2,3)24-16(23)20-8-7-19-15(22)13-14(25-10-21-13)11-5-4-6-12(18)9-11/h4-6,9-10H,7-8H2,1-3H3,(H,19,22)(H,20,23). The molecule has 0 saturated heterocycles. The molecule has 0 aliphatic rings. The zero-order valence-electron chi connectivity index (χ0n) is 14.3. The first-order valence-electron chi connectivity index (χ1n) is 7.71. The fourth-order valence-corrected chi connectivity index (χ4v) is 2.95. The number of thiazole rings is 1. The van der Waals surface area contributed by atoms with Crippen molar-refractivity contribution in [3.05, 3.63) is 40.5 Å². The number of halogens is 1. The monoisotopic (exact) mass is 381 g/mol. The molecule has 1 heterocycles. The van der Waals surface area contributed by atoms with Crippen molar-refractivity contribution in [2.45, 2.75) is 26.4 Å². The fraction of sp³-hybridized carbons (Fsp3) is 0.353. The van der Waals surface area contributed by atoms with Crippen LogP contribution in [0.4, 0.5) is 4.79 Å². The van der Waals surface area contributed by atoms with Gasteiger partial charge >= 0.3 is 6.09 Å². The van der Waals surface area contributed by atoms with Crippen molar-refractivity contribution in [2.24, 2.45) is 0 Å². The van der Waals surface area contributed by atoms with Crippen molar-refractivity contribution in [3.8, 4) is 10.4 Å². The number of alkyl carbamates (subject to hydrolysis) is 1. The summed E-state index contributed by atoms with van der Waals surface area (Å²) in [5.74, 6) is -0.304. The number of hydrogen-bond donors (Lipinski definition) is 2. The minimum absolute atomic E-state index is 0.261. The molecule has 0 unspecified atom stereocenters. The maximum Gasteiger partial charge on any atom is 0.407 e. The van der Waals surface area contributed by atoms with Gasteiger partial charge in [0.1, 0.15) is 11.3 Å². The molecule has 2 N–H and O–H groups in total. The summed E-state index contributed by atoms with van der Waals surface area (Å²) in [4.78, 5) is 28.7. The Morgan fingerprint density at radius 3 is 2.64 bits per heavy atom. The van der Waals surface area contributed by atoms with E-state index in [0.717, 1.165) is 10.4 Å². The van der Waals surface area contributed by atoms with Gasteiger partial charge in [0.15, 0.2) is 0 Å². The van der Waals surface area contributed by atoms with Gasteiger partial charge in [-0.3, -0.25) is 4.79 Å². The van der Waals surface area contributed by atoms with Gasteiger partial charge in [-0.2, -0.15) is 0 Å². The molecule has 2 rings (SSSR count). The number of hydrogen-bond acceptors (Lipinski definition) is 5. The summed E-state index contributed by atoms with van der Waals surface area (Å²) in [5, 5.41) is 5.91. The number of benzene rings is 1. The van der Waals surface area contributed by atoms with Gasteiger partial charge in [0.05, 0.1) is 10.4 Å². The zero-order chi connectivity index (χ0) is 18.4. The van der Waals surface area contributed by atoms with Crippen LogP contribution in [0.2, 0.25) is 5.02 Å². The van der Waals surface area contributed by atoms with E-state index in [2.05, 4.69) is 15.6 Å². The molecule has 0 fully saturated rings. The van der Waals surface area contributed by atoms with Gasteiger partial charge in [-0.1, -0.05) is 23.7 Å². The Kier molecular flexibility index (Phi) is 6.39. The topological polar surface area (TPSA) is 80.3 Å². The summed E-state index contributed by atoms with van der Waals surface area (Å²) in [6, 6.07) is 7.26. The smallest absolute Gasteiger partial charge is 0.407 e. The Hall–Kier alpha value is -2.12. The lowest BCUT2D eigenvalue weighted by Crippen LogP contribution is -2.38. The maximum absolute atomic E-state index is 12.3. The first kappa shape index (κ1) is 19.2. The lowest BCUT2D eigenvalue weighted by molar-refractivity contribution is 0.0526. The molecule has 6 nitrogen and oxygen atoms in total. The van der Waals surface area contributed by atoms with Crippen LogP contribution in [0.1, 0.15) is 31.3 Å². The van der Waals surface area contributed by atoms with E-state index in [1.54, 1.807) is 38.4 Å². The first-order chi connectivity index (χ1) is 11.8. The zero-order valence-corrected chi connectivity index (χ0v) is 15.8. The second kappa shape index (κ2) is 8.31. The largest absolute Gasteiger partial charge is 0.444 e. The second-order valence-electron chi connectivity index (χ2n) is 6.23. The highest BCUT2D eigenvalue weighted by molar-refractivity contribution is 7.13. The van der Waals surface area contributed by atoms with Crippen LogP contribution in [-0.4, -0.2) is 35.7 Å². The number of aromatic nitrogens is 1. The molecule has 1 aromatic carbocycles. The molecule has 0 bridgehead atoms. The third-order valence-corrected chi connectivity index (χ3v) is 4.06. The van der Waals surface area contributed by atoms with Crippen molar-refractivity contribution >= 4 is 34.9 Å². The van der Waals surface area contributed by atoms with Crippen LogP contribution in [-0.2, 0) is 4.74 Å². The van der Waals surface area contributed by atoms with Crippen LogP contribution >= 0.6 is 22.9 Å². The van der Waals surface area contributed by atoms with E-state index in [9.17, 15) is 9.59 Å². The summed E-state index contributed by atoms with van der Waals surface area (Å²) in [7, 11) is 0. The minimum atomic E-state index is -0.556. The average Bonchev–Trinajstić information content (AvgIpc) is 2.99. The average molecular weight is 382 g/mol. The molecule has 1 aromatic heterocycles. The van der Waals surface area contributed by atoms with Crippen molar-refractivity contribution in [3.63, 3.8) is 0 Å². The third kappa shape index (κ3) is 6.03. The SMILES string of the molecule is CC(C)(C)OC(=O)NCCNC(=O)c1ncsc1-c1cccc(Cl)c1. The van der Waals surface area contributed by atoms with E-state index in [1.165, 1.54) is 11.3 Å². The molecule has 0 aliphatic carbocycles. The highest BCUT2D eigenvalue weighted by Crippen LogP contribution is 2.29. The first-order valence-corrected chi connectivity index (χ1v) is 8.96. The number of nitrogens with one attached hydrogen (secondary N) is 2.